The van der Waals surface area contributed by atoms with Crippen LogP contribution in [-0.4, -0.2) is 56.9 Å². The number of hydrogen-bond donors (Lipinski definition) is 7. The number of H-pyrrole nitrogens is 1. The maximum Gasteiger partial charge on any atom is 0.326 e. The van der Waals surface area contributed by atoms with Gasteiger partial charge in [-0.2, -0.15) is 12.6 Å². The summed E-state index contributed by atoms with van der Waals surface area (Å²) in [5.74, 6) is -2.43. The smallest absolute Gasteiger partial charge is 0.326 e. The van der Waals surface area contributed by atoms with Crippen LogP contribution in [0.5, 0.6) is 5.75 Å². The molecule has 0 saturated heterocycles. The third kappa shape index (κ3) is 6.27. The first-order chi connectivity index (χ1) is 15.8. The van der Waals surface area contributed by atoms with Crippen molar-refractivity contribution >= 4 is 41.3 Å². The maximum atomic E-state index is 12.7. The fourth-order valence-electron chi connectivity index (χ4n) is 3.44. The summed E-state index contributed by atoms with van der Waals surface area (Å²) in [6.45, 7) is 0. The van der Waals surface area contributed by atoms with Crippen LogP contribution in [-0.2, 0) is 27.2 Å². The summed E-state index contributed by atoms with van der Waals surface area (Å²) < 4.78 is 0. The summed E-state index contributed by atoms with van der Waals surface area (Å²) in [5, 5.41) is 24.8. The lowest BCUT2D eigenvalue weighted by Gasteiger charge is -2.22. The number of nitrogens with one attached hydrogen (secondary N) is 3. The molecular formula is C23H26N4O5S. The molecule has 0 unspecified atom stereocenters. The van der Waals surface area contributed by atoms with Crippen LogP contribution in [0, 0.1) is 0 Å². The van der Waals surface area contributed by atoms with Gasteiger partial charge in [-0.3, -0.25) is 9.59 Å². The van der Waals surface area contributed by atoms with Gasteiger partial charge in [-0.25, -0.2) is 4.79 Å². The van der Waals surface area contributed by atoms with E-state index in [-0.39, 0.29) is 24.3 Å². The molecule has 0 radical (unpaired) electrons. The number of aromatic nitrogens is 1. The van der Waals surface area contributed by atoms with E-state index in [0.29, 0.717) is 5.56 Å². The molecule has 0 fully saturated rings. The van der Waals surface area contributed by atoms with E-state index in [4.69, 9.17) is 5.73 Å². The van der Waals surface area contributed by atoms with E-state index < -0.39 is 35.9 Å². The largest absolute Gasteiger partial charge is 0.508 e. The van der Waals surface area contributed by atoms with Gasteiger partial charge in [-0.1, -0.05) is 30.3 Å². The van der Waals surface area contributed by atoms with Crippen molar-refractivity contribution in [2.24, 2.45) is 5.73 Å². The zero-order valence-electron chi connectivity index (χ0n) is 17.7. The van der Waals surface area contributed by atoms with Crippen LogP contribution in [0.4, 0.5) is 0 Å². The average Bonchev–Trinajstić information content (AvgIpc) is 3.20. The van der Waals surface area contributed by atoms with Crippen molar-refractivity contribution in [1.29, 1.82) is 0 Å². The molecule has 174 valence electrons. The Hall–Kier alpha value is -3.50. The number of fused-ring (bicyclic) bond motifs is 1. The molecule has 3 aromatic rings. The lowest BCUT2D eigenvalue weighted by atomic mass is 10.0. The highest BCUT2D eigenvalue weighted by molar-refractivity contribution is 7.80. The number of benzene rings is 2. The topological polar surface area (TPSA) is 158 Å². The molecule has 2 aromatic carbocycles. The average molecular weight is 471 g/mol. The number of hydrogen-bond acceptors (Lipinski definition) is 6. The monoisotopic (exact) mass is 470 g/mol. The summed E-state index contributed by atoms with van der Waals surface area (Å²) in [5.41, 5.74) is 8.49. The van der Waals surface area contributed by atoms with Crippen molar-refractivity contribution in [2.45, 2.75) is 31.0 Å². The molecule has 0 aliphatic rings. The minimum Gasteiger partial charge on any atom is -0.508 e. The fourth-order valence-corrected chi connectivity index (χ4v) is 3.70. The van der Waals surface area contributed by atoms with Gasteiger partial charge in [0.25, 0.3) is 0 Å². The minimum atomic E-state index is -1.23. The van der Waals surface area contributed by atoms with Crippen LogP contribution in [0.3, 0.4) is 0 Å². The first-order valence-electron chi connectivity index (χ1n) is 10.3. The van der Waals surface area contributed by atoms with Gasteiger partial charge in [0.05, 0.1) is 6.04 Å². The van der Waals surface area contributed by atoms with E-state index in [0.717, 1.165) is 16.5 Å². The number of rotatable bonds is 10. The lowest BCUT2D eigenvalue weighted by Crippen LogP contribution is -2.55. The number of aromatic hydroxyl groups is 1. The molecule has 33 heavy (non-hydrogen) atoms. The molecular weight excluding hydrogens is 444 g/mol. The predicted molar refractivity (Wildman–Crippen MR) is 127 cm³/mol. The van der Waals surface area contributed by atoms with E-state index in [9.17, 15) is 24.6 Å². The third-order valence-corrected chi connectivity index (χ3v) is 5.62. The number of para-hydroxylation sites is 1. The van der Waals surface area contributed by atoms with Crippen LogP contribution in [0.2, 0.25) is 0 Å². The summed E-state index contributed by atoms with van der Waals surface area (Å²) in [6, 6.07) is 10.4. The number of phenolic OH excluding ortho intramolecular Hbond substituents is 1. The number of aliphatic carboxylic acids is 1. The number of carboxylic acid groups (broad SMARTS) is 1. The summed E-state index contributed by atoms with van der Waals surface area (Å²) in [4.78, 5) is 40.0. The Labute approximate surface area is 195 Å². The number of amides is 2. The SMILES string of the molecule is N[C@@H](Cc1c[nH]c2ccccc12)C(=O)N[C@@H](CS)C(=O)N[C@@H](Cc1ccc(O)cc1)C(=O)O. The molecule has 1 aromatic heterocycles. The molecule has 0 saturated carbocycles. The second-order valence-corrected chi connectivity index (χ2v) is 8.05. The summed E-state index contributed by atoms with van der Waals surface area (Å²) >= 11 is 4.12. The number of thiol groups is 1. The number of carbonyl (C=O) groups excluding carboxylic acids is 2. The van der Waals surface area contributed by atoms with Crippen molar-refractivity contribution in [3.05, 3.63) is 65.9 Å². The molecule has 3 atom stereocenters. The zero-order chi connectivity index (χ0) is 24.0. The predicted octanol–water partition coefficient (Wildman–Crippen LogP) is 0.970. The Kier molecular flexibility index (Phi) is 7.96. The van der Waals surface area contributed by atoms with Gasteiger partial charge in [0.15, 0.2) is 0 Å². The summed E-state index contributed by atoms with van der Waals surface area (Å²) in [6.07, 6.45) is 2.06. The lowest BCUT2D eigenvalue weighted by molar-refractivity contribution is -0.142. The molecule has 1 heterocycles. The Balaban J connectivity index is 1.60. The van der Waals surface area contributed by atoms with Crippen LogP contribution in [0.15, 0.2) is 54.7 Å². The second-order valence-electron chi connectivity index (χ2n) is 7.68. The molecule has 7 N–H and O–H groups in total. The van der Waals surface area contributed by atoms with Crippen molar-refractivity contribution in [3.8, 4) is 5.75 Å². The third-order valence-electron chi connectivity index (χ3n) is 5.26. The van der Waals surface area contributed by atoms with Crippen LogP contribution >= 0.6 is 12.6 Å². The standard InChI is InChI=1S/C23H26N4O5S/c24-17(10-14-11-25-18-4-2-1-3-16(14)18)21(29)27-20(12-33)22(30)26-19(23(31)32)9-13-5-7-15(28)8-6-13/h1-8,11,17,19-20,25,28,33H,9-10,12,24H2,(H,26,30)(H,27,29)(H,31,32)/t17-,19-,20-/m0/s1. The van der Waals surface area contributed by atoms with Gasteiger partial charge in [-0.05, 0) is 35.7 Å². The minimum absolute atomic E-state index is 0.00860. The first-order valence-corrected chi connectivity index (χ1v) is 10.9. The maximum absolute atomic E-state index is 12.7. The van der Waals surface area contributed by atoms with Gasteiger partial charge in [0.2, 0.25) is 11.8 Å². The molecule has 10 heteroatoms. The molecule has 2 amide bonds. The van der Waals surface area contributed by atoms with Crippen LogP contribution < -0.4 is 16.4 Å². The Morgan fingerprint density at radius 2 is 1.64 bits per heavy atom. The Bertz CT molecular complexity index is 1130. The normalized spacial score (nSPS) is 13.8. The highest BCUT2D eigenvalue weighted by atomic mass is 32.1. The summed E-state index contributed by atoms with van der Waals surface area (Å²) in [7, 11) is 0. The van der Waals surface area contributed by atoms with Crippen molar-refractivity contribution in [2.75, 3.05) is 5.75 Å². The molecule has 0 aliphatic carbocycles. The molecule has 9 nitrogen and oxygen atoms in total. The van der Waals surface area contributed by atoms with Crippen molar-refractivity contribution < 1.29 is 24.6 Å². The van der Waals surface area contributed by atoms with Gasteiger partial charge in [0, 0.05) is 29.3 Å². The first kappa shape index (κ1) is 24.1. The van der Waals surface area contributed by atoms with Crippen molar-refractivity contribution in [1.82, 2.24) is 15.6 Å². The van der Waals surface area contributed by atoms with E-state index in [1.165, 1.54) is 12.1 Å². The van der Waals surface area contributed by atoms with Crippen LogP contribution in [0.1, 0.15) is 11.1 Å². The van der Waals surface area contributed by atoms with Crippen molar-refractivity contribution in [3.63, 3.8) is 0 Å². The highest BCUT2D eigenvalue weighted by Gasteiger charge is 2.27. The number of aromatic amines is 1. The molecule has 3 rings (SSSR count). The van der Waals surface area contributed by atoms with Gasteiger partial charge >= 0.3 is 5.97 Å². The number of nitrogens with two attached hydrogens (primary N) is 1. The fraction of sp³-hybridized carbons (Fsp3) is 0.261. The van der Waals surface area contributed by atoms with E-state index in [2.05, 4.69) is 28.2 Å². The molecule has 0 bridgehead atoms. The van der Waals surface area contributed by atoms with E-state index >= 15 is 0 Å². The number of phenols is 1. The van der Waals surface area contributed by atoms with E-state index in [1.54, 1.807) is 18.3 Å². The van der Waals surface area contributed by atoms with Crippen LogP contribution in [0.25, 0.3) is 10.9 Å². The Morgan fingerprint density at radius 1 is 0.970 bits per heavy atom. The van der Waals surface area contributed by atoms with E-state index in [1.807, 2.05) is 24.3 Å². The zero-order valence-corrected chi connectivity index (χ0v) is 18.6. The molecule has 0 spiro atoms. The highest BCUT2D eigenvalue weighted by Crippen LogP contribution is 2.19. The quantitative estimate of drug-likeness (QED) is 0.219. The Morgan fingerprint density at radius 3 is 2.30 bits per heavy atom. The number of carboxylic acids is 1. The molecule has 0 aliphatic heterocycles. The van der Waals surface area contributed by atoms with Gasteiger partial charge in [-0.15, -0.1) is 0 Å². The van der Waals surface area contributed by atoms with Gasteiger partial charge in [0.1, 0.15) is 17.8 Å². The van der Waals surface area contributed by atoms with Gasteiger partial charge < -0.3 is 31.6 Å². The number of carbonyl (C=O) groups is 3. The second kappa shape index (κ2) is 10.9.